The second-order valence-electron chi connectivity index (χ2n) is 14.9. The number of nitrogens with zero attached hydrogens (tertiary/aromatic N) is 1. The molecule has 0 spiro atoms. The fourth-order valence-electron chi connectivity index (χ4n) is 5.48. The summed E-state index contributed by atoms with van der Waals surface area (Å²) >= 11 is 0. The van der Waals surface area contributed by atoms with Gasteiger partial charge >= 0.3 is 0 Å². The van der Waals surface area contributed by atoms with Gasteiger partial charge in [-0.1, -0.05) is 134 Å². The average molecular weight is 520 g/mol. The lowest BCUT2D eigenvalue weighted by Crippen LogP contribution is -2.36. The van der Waals surface area contributed by atoms with Crippen LogP contribution in [0.15, 0.2) is 42.1 Å². The third-order valence-corrected chi connectivity index (χ3v) is 10.2. The van der Waals surface area contributed by atoms with Crippen LogP contribution in [0.2, 0.25) is 0 Å². The molecule has 0 amide bonds. The Morgan fingerprint density at radius 3 is 1.57 bits per heavy atom. The maximum atomic E-state index is 2.69. The highest BCUT2D eigenvalue weighted by molar-refractivity contribution is 7.66. The summed E-state index contributed by atoms with van der Waals surface area (Å²) in [5, 5.41) is 1.66. The van der Waals surface area contributed by atoms with E-state index in [0.717, 1.165) is 6.29 Å². The average Bonchev–Trinajstić information content (AvgIpc) is 2.76. The maximum Gasteiger partial charge on any atom is 0.0481 e. The van der Waals surface area contributed by atoms with Crippen molar-refractivity contribution in [2.45, 2.75) is 125 Å². The molecule has 0 saturated carbocycles. The summed E-state index contributed by atoms with van der Waals surface area (Å²) in [6.07, 6.45) is 4.80. The van der Waals surface area contributed by atoms with E-state index in [0.29, 0.717) is 11.8 Å². The summed E-state index contributed by atoms with van der Waals surface area (Å²) in [6.45, 7) is 33.2. The molecule has 0 saturated heterocycles. The molecule has 0 aliphatic carbocycles. The number of rotatable bonds is 4. The molecule has 1 aliphatic heterocycles. The van der Waals surface area contributed by atoms with Crippen LogP contribution in [-0.2, 0) is 16.2 Å². The van der Waals surface area contributed by atoms with Crippen molar-refractivity contribution in [1.29, 1.82) is 0 Å². The summed E-state index contributed by atoms with van der Waals surface area (Å²) in [5.74, 6) is 0.993. The highest BCUT2D eigenvalue weighted by atomic mass is 31.1. The number of hydrogen-bond donors (Lipinski definition) is 0. The van der Waals surface area contributed by atoms with Crippen LogP contribution in [0.4, 0.5) is 5.69 Å². The summed E-state index contributed by atoms with van der Waals surface area (Å²) in [7, 11) is -0.389. The van der Waals surface area contributed by atoms with Gasteiger partial charge < -0.3 is 4.90 Å². The lowest BCUT2D eigenvalue weighted by Gasteiger charge is -2.42. The first-order valence-electron chi connectivity index (χ1n) is 14.4. The second kappa shape index (κ2) is 10.5. The molecule has 0 radical (unpaired) electrons. The highest BCUT2D eigenvalue weighted by Gasteiger charge is 2.35. The Morgan fingerprint density at radius 1 is 0.730 bits per heavy atom. The van der Waals surface area contributed by atoms with Crippen LogP contribution in [0.5, 0.6) is 0 Å². The van der Waals surface area contributed by atoms with E-state index >= 15 is 0 Å². The van der Waals surface area contributed by atoms with Gasteiger partial charge in [0.05, 0.1) is 0 Å². The molecule has 37 heavy (non-hydrogen) atoms. The topological polar surface area (TPSA) is 3.24 Å². The molecule has 1 aliphatic rings. The molecule has 2 aromatic rings. The summed E-state index contributed by atoms with van der Waals surface area (Å²) in [6, 6.07) is 12.1. The fourth-order valence-corrected chi connectivity index (χ4v) is 8.59. The van der Waals surface area contributed by atoms with Gasteiger partial charge in [-0.05, 0) is 74.3 Å². The van der Waals surface area contributed by atoms with Gasteiger partial charge in [0.2, 0.25) is 0 Å². The Morgan fingerprint density at radius 2 is 1.19 bits per heavy atom. The van der Waals surface area contributed by atoms with Crippen LogP contribution in [0.1, 0.15) is 137 Å². The van der Waals surface area contributed by atoms with Gasteiger partial charge in [-0.3, -0.25) is 0 Å². The molecule has 2 heteroatoms. The van der Waals surface area contributed by atoms with E-state index in [-0.39, 0.29) is 24.2 Å². The smallest absolute Gasteiger partial charge is 0.0481 e. The highest BCUT2D eigenvalue weighted by Crippen LogP contribution is 2.50. The summed E-state index contributed by atoms with van der Waals surface area (Å²) in [5.41, 5.74) is 10.7. The van der Waals surface area contributed by atoms with Crippen molar-refractivity contribution in [3.63, 3.8) is 0 Å². The Bertz CT molecular complexity index is 1080. The van der Waals surface area contributed by atoms with E-state index < -0.39 is 0 Å². The second-order valence-corrected chi connectivity index (χ2v) is 17.1. The molecule has 1 nitrogen and oxygen atoms in total. The molecule has 204 valence electrons. The van der Waals surface area contributed by atoms with Gasteiger partial charge in [0.1, 0.15) is 0 Å². The van der Waals surface area contributed by atoms with Crippen molar-refractivity contribution in [1.82, 2.24) is 0 Å². The van der Waals surface area contributed by atoms with Crippen LogP contribution < -0.4 is 10.2 Å². The maximum absolute atomic E-state index is 2.69. The van der Waals surface area contributed by atoms with E-state index in [1.165, 1.54) is 34.2 Å². The molecule has 0 bridgehead atoms. The van der Waals surface area contributed by atoms with Crippen molar-refractivity contribution in [2.24, 2.45) is 0 Å². The van der Waals surface area contributed by atoms with E-state index in [9.17, 15) is 0 Å². The van der Waals surface area contributed by atoms with Gasteiger partial charge in [-0.2, -0.15) is 0 Å². The molecule has 1 heterocycles. The molecule has 0 N–H and O–H groups in total. The van der Waals surface area contributed by atoms with Crippen molar-refractivity contribution < 1.29 is 0 Å². The number of benzene rings is 2. The molecule has 1 atom stereocenters. The van der Waals surface area contributed by atoms with E-state index in [1.54, 1.807) is 16.4 Å². The van der Waals surface area contributed by atoms with Crippen molar-refractivity contribution in [3.05, 3.63) is 69.9 Å². The van der Waals surface area contributed by atoms with Crippen LogP contribution in [-0.4, -0.2) is 12.4 Å². The largest absolute Gasteiger partial charge is 0.341 e. The van der Waals surface area contributed by atoms with E-state index in [4.69, 9.17) is 0 Å². The van der Waals surface area contributed by atoms with Gasteiger partial charge in [0.25, 0.3) is 0 Å². The van der Waals surface area contributed by atoms with E-state index in [1.807, 2.05) is 0 Å². The third kappa shape index (κ3) is 6.36. The van der Waals surface area contributed by atoms with Gasteiger partial charge in [0.15, 0.2) is 0 Å². The monoisotopic (exact) mass is 519 g/mol. The van der Waals surface area contributed by atoms with E-state index in [2.05, 4.69) is 138 Å². The van der Waals surface area contributed by atoms with Crippen LogP contribution >= 0.6 is 7.92 Å². The minimum atomic E-state index is -0.389. The molecule has 2 aromatic carbocycles. The molecular weight excluding hydrogens is 465 g/mol. The van der Waals surface area contributed by atoms with Crippen LogP contribution in [0.3, 0.4) is 0 Å². The van der Waals surface area contributed by atoms with Gasteiger partial charge in [0, 0.05) is 17.7 Å². The first-order chi connectivity index (χ1) is 16.8. The number of anilines is 1. The minimum absolute atomic E-state index is 0.0961. The number of hydrogen-bond acceptors (Lipinski definition) is 1. The zero-order valence-corrected chi connectivity index (χ0v) is 27.3. The first-order valence-corrected chi connectivity index (χ1v) is 16.1. The number of allylic oxidation sites excluding steroid dienone is 2. The Labute approximate surface area is 230 Å². The zero-order chi connectivity index (χ0) is 28.1. The summed E-state index contributed by atoms with van der Waals surface area (Å²) < 4.78 is 0. The Kier molecular flexibility index (Phi) is 8.52. The summed E-state index contributed by atoms with van der Waals surface area (Å²) in [4.78, 5) is 2.69. The lowest BCUT2D eigenvalue weighted by molar-refractivity contribution is 0.553. The standard InChI is InChI=1S/C35H54NP/c1-23(2)27-16-15-17-28(24(3)4)31(27)36-22-37(19-18-25(36)5)32-29(34(9,10)11)20-26(33(6,7)8)21-30(32)35(12,13)14/h15-18,20-21,23-24H,19,22H2,1-14H3. The van der Waals surface area contributed by atoms with Crippen LogP contribution in [0.25, 0.3) is 0 Å². The first kappa shape index (κ1) is 30.0. The third-order valence-electron chi connectivity index (χ3n) is 7.87. The quantitative estimate of drug-likeness (QED) is 0.363. The molecular formula is C35H54NP. The molecule has 0 aromatic heterocycles. The molecule has 3 rings (SSSR count). The van der Waals surface area contributed by atoms with Gasteiger partial charge in [-0.15, -0.1) is 0 Å². The predicted molar refractivity (Wildman–Crippen MR) is 170 cm³/mol. The zero-order valence-electron chi connectivity index (χ0n) is 26.4. The lowest BCUT2D eigenvalue weighted by atomic mass is 9.75. The Balaban J connectivity index is 2.29. The fraction of sp³-hybridized carbons (Fsp3) is 0.600. The Hall–Kier alpha value is -1.59. The molecule has 0 fully saturated rings. The minimum Gasteiger partial charge on any atom is -0.341 e. The van der Waals surface area contributed by atoms with Crippen molar-refractivity contribution in [2.75, 3.05) is 17.3 Å². The normalized spacial score (nSPS) is 17.6. The SMILES string of the molecule is CC1=CCP(c2c(C(C)(C)C)cc(C(C)(C)C)cc2C(C)(C)C)CN1c1c(C(C)C)cccc1C(C)C. The van der Waals surface area contributed by atoms with Crippen molar-refractivity contribution >= 4 is 18.9 Å². The predicted octanol–water partition coefficient (Wildman–Crippen LogP) is 10.3. The van der Waals surface area contributed by atoms with Crippen molar-refractivity contribution in [3.8, 4) is 0 Å². The van der Waals surface area contributed by atoms with Gasteiger partial charge in [-0.25, -0.2) is 0 Å². The van der Waals surface area contributed by atoms with Crippen LogP contribution in [0, 0.1) is 0 Å². The number of para-hydroxylation sites is 1. The molecule has 1 unspecified atom stereocenters.